The predicted molar refractivity (Wildman–Crippen MR) is 115 cm³/mol. The lowest BCUT2D eigenvalue weighted by atomic mass is 9.87. The molecule has 0 amide bonds. The van der Waals surface area contributed by atoms with Crippen LogP contribution < -0.4 is 4.57 Å². The zero-order valence-corrected chi connectivity index (χ0v) is 17.6. The molecular weight excluding hydrogens is 340 g/mol. The molecule has 0 bridgehead atoms. The zero-order valence-electron chi connectivity index (χ0n) is 17.6. The minimum atomic E-state index is -0.0165. The third-order valence-electron chi connectivity index (χ3n) is 7.09. The highest BCUT2D eigenvalue weighted by Gasteiger charge is 2.48. The zero-order chi connectivity index (χ0) is 19.5. The number of para-hydroxylation sites is 1. The van der Waals surface area contributed by atoms with Crippen LogP contribution in [-0.4, -0.2) is 4.57 Å². The van der Waals surface area contributed by atoms with E-state index in [0.29, 0.717) is 5.92 Å². The van der Waals surface area contributed by atoms with E-state index >= 15 is 0 Å². The highest BCUT2D eigenvalue weighted by molar-refractivity contribution is 5.69. The van der Waals surface area contributed by atoms with Crippen LogP contribution in [0.15, 0.2) is 48.5 Å². The van der Waals surface area contributed by atoms with Crippen molar-refractivity contribution >= 4 is 0 Å². The molecule has 144 valence electrons. The number of benzene rings is 2. The molecule has 2 aromatic carbocycles. The Kier molecular flexibility index (Phi) is 4.01. The van der Waals surface area contributed by atoms with Crippen LogP contribution in [0.1, 0.15) is 74.5 Å². The summed E-state index contributed by atoms with van der Waals surface area (Å²) in [4.78, 5) is 0. The average molecular weight is 372 g/mol. The Labute approximate surface area is 168 Å². The summed E-state index contributed by atoms with van der Waals surface area (Å²) >= 11 is 0. The van der Waals surface area contributed by atoms with Crippen molar-refractivity contribution in [3.8, 4) is 16.9 Å². The Hall–Kier alpha value is -2.35. The molecule has 0 N–H and O–H groups in total. The van der Waals surface area contributed by atoms with E-state index < -0.39 is 0 Å². The van der Waals surface area contributed by atoms with Crippen molar-refractivity contribution in [2.24, 2.45) is 0 Å². The maximum absolute atomic E-state index is 2.69. The van der Waals surface area contributed by atoms with Crippen LogP contribution in [-0.2, 0) is 5.54 Å². The molecular formula is C26H31N2+. The van der Waals surface area contributed by atoms with E-state index in [4.69, 9.17) is 0 Å². The van der Waals surface area contributed by atoms with E-state index in [-0.39, 0.29) is 5.54 Å². The second-order valence-corrected chi connectivity index (χ2v) is 9.19. The number of nitrogens with zero attached hydrogens (tertiary/aromatic N) is 2. The van der Waals surface area contributed by atoms with Gasteiger partial charge in [0.05, 0.1) is 5.92 Å². The topological polar surface area (TPSA) is 8.81 Å². The molecule has 28 heavy (non-hydrogen) atoms. The monoisotopic (exact) mass is 371 g/mol. The molecule has 2 nitrogen and oxygen atoms in total. The van der Waals surface area contributed by atoms with Gasteiger partial charge >= 0.3 is 0 Å². The van der Waals surface area contributed by atoms with Gasteiger partial charge in [-0.25, -0.2) is 4.57 Å². The number of fused-ring (bicyclic) bond motifs is 3. The molecule has 0 radical (unpaired) electrons. The first-order valence-corrected chi connectivity index (χ1v) is 10.9. The lowest BCUT2D eigenvalue weighted by Crippen LogP contribution is -2.53. The molecule has 3 aromatic rings. The van der Waals surface area contributed by atoms with E-state index in [1.54, 1.807) is 0 Å². The van der Waals surface area contributed by atoms with Gasteiger partial charge in [-0.1, -0.05) is 61.7 Å². The van der Waals surface area contributed by atoms with Gasteiger partial charge in [0.25, 0.3) is 5.82 Å². The van der Waals surface area contributed by atoms with Crippen LogP contribution in [0, 0.1) is 13.8 Å². The van der Waals surface area contributed by atoms with Gasteiger partial charge < -0.3 is 0 Å². The average Bonchev–Trinajstić information content (AvgIpc) is 3.14. The summed E-state index contributed by atoms with van der Waals surface area (Å²) in [5.74, 6) is 2.15. The van der Waals surface area contributed by atoms with Gasteiger partial charge in [0.15, 0.2) is 11.4 Å². The molecule has 1 aliphatic heterocycles. The van der Waals surface area contributed by atoms with Crippen molar-refractivity contribution in [3.05, 3.63) is 71.2 Å². The Morgan fingerprint density at radius 1 is 0.893 bits per heavy atom. The Morgan fingerprint density at radius 2 is 1.57 bits per heavy atom. The quantitative estimate of drug-likeness (QED) is 0.475. The Morgan fingerprint density at radius 3 is 2.32 bits per heavy atom. The number of imidazole rings is 1. The smallest absolute Gasteiger partial charge is 0.217 e. The molecule has 1 aliphatic carbocycles. The number of hydrogen-bond acceptors (Lipinski definition) is 0. The van der Waals surface area contributed by atoms with E-state index in [9.17, 15) is 0 Å². The molecule has 2 aliphatic rings. The molecule has 0 spiro atoms. The molecule has 0 saturated heterocycles. The van der Waals surface area contributed by atoms with Gasteiger partial charge in [-0.15, -0.1) is 0 Å². The number of rotatable bonds is 2. The van der Waals surface area contributed by atoms with Crippen LogP contribution >= 0.6 is 0 Å². The molecule has 1 saturated carbocycles. The van der Waals surface area contributed by atoms with E-state index in [0.717, 1.165) is 0 Å². The summed E-state index contributed by atoms with van der Waals surface area (Å²) in [7, 11) is 0. The third-order valence-corrected chi connectivity index (χ3v) is 7.09. The first kappa shape index (κ1) is 17.7. The number of aromatic nitrogens is 2. The van der Waals surface area contributed by atoms with Crippen molar-refractivity contribution in [1.82, 2.24) is 4.57 Å². The van der Waals surface area contributed by atoms with Crippen LogP contribution in [0.4, 0.5) is 0 Å². The van der Waals surface area contributed by atoms with Crippen molar-refractivity contribution in [3.63, 3.8) is 0 Å². The van der Waals surface area contributed by atoms with Crippen LogP contribution in [0.25, 0.3) is 16.9 Å². The van der Waals surface area contributed by atoms with Gasteiger partial charge in [0, 0.05) is 18.1 Å². The summed E-state index contributed by atoms with van der Waals surface area (Å²) in [6, 6.07) is 17.9. The summed E-state index contributed by atoms with van der Waals surface area (Å²) in [6.45, 7) is 9.36. The fourth-order valence-electron chi connectivity index (χ4n) is 5.72. The Balaban J connectivity index is 1.86. The minimum absolute atomic E-state index is 0.0165. The largest absolute Gasteiger partial charge is 0.266 e. The van der Waals surface area contributed by atoms with Crippen molar-refractivity contribution in [2.45, 2.75) is 71.3 Å². The molecule has 1 fully saturated rings. The van der Waals surface area contributed by atoms with Gasteiger partial charge in [-0.2, -0.15) is 4.57 Å². The van der Waals surface area contributed by atoms with E-state index in [1.165, 1.54) is 71.7 Å². The van der Waals surface area contributed by atoms with Crippen LogP contribution in [0.5, 0.6) is 0 Å². The predicted octanol–water partition coefficient (Wildman–Crippen LogP) is 6.19. The molecule has 2 heteroatoms. The minimum Gasteiger partial charge on any atom is -0.217 e. The molecule has 5 rings (SSSR count). The summed E-state index contributed by atoms with van der Waals surface area (Å²) in [5, 5.41) is 0. The van der Waals surface area contributed by atoms with Gasteiger partial charge in [0.2, 0.25) is 0 Å². The highest BCUT2D eigenvalue weighted by Crippen LogP contribution is 2.44. The number of aryl methyl sites for hydroxylation is 1. The van der Waals surface area contributed by atoms with E-state index in [1.807, 2.05) is 0 Å². The third kappa shape index (κ3) is 2.36. The molecule has 1 aromatic heterocycles. The normalized spacial score (nSPS) is 18.1. The Bertz CT molecular complexity index is 1050. The van der Waals surface area contributed by atoms with Crippen LogP contribution in [0.3, 0.4) is 0 Å². The first-order chi connectivity index (χ1) is 13.5. The summed E-state index contributed by atoms with van der Waals surface area (Å²) in [6.07, 6.45) is 6.70. The molecule has 0 atom stereocenters. The van der Waals surface area contributed by atoms with E-state index in [2.05, 4.69) is 85.4 Å². The van der Waals surface area contributed by atoms with Gasteiger partial charge in [-0.05, 0) is 45.2 Å². The molecule has 2 heterocycles. The standard InChI is InChI=1S/C26H31N2/c1-18-12-8-11-17-23(18)27-19(2)24-21-15-9-10-16-22(21)26(3,4)28(24)25(27)20-13-6-5-7-14-20/h8-12,15-17,20H,5-7,13-14H2,1-4H3/q+1. The van der Waals surface area contributed by atoms with Crippen molar-refractivity contribution in [2.75, 3.05) is 0 Å². The second kappa shape index (κ2) is 6.34. The van der Waals surface area contributed by atoms with Crippen molar-refractivity contribution in [1.29, 1.82) is 0 Å². The first-order valence-electron chi connectivity index (χ1n) is 10.9. The van der Waals surface area contributed by atoms with Crippen LogP contribution in [0.2, 0.25) is 0 Å². The summed E-state index contributed by atoms with van der Waals surface area (Å²) in [5.41, 5.74) is 8.35. The van der Waals surface area contributed by atoms with Gasteiger partial charge in [-0.3, -0.25) is 0 Å². The lowest BCUT2D eigenvalue weighted by Gasteiger charge is -2.25. The SMILES string of the molecule is Cc1ccccc1-n1c(C)c2[n+](c1C1CCCCC1)C(C)(C)c1ccccc1-2. The maximum atomic E-state index is 2.69. The lowest BCUT2D eigenvalue weighted by molar-refractivity contribution is -0.739. The fourth-order valence-corrected chi connectivity index (χ4v) is 5.72. The maximum Gasteiger partial charge on any atom is 0.266 e. The van der Waals surface area contributed by atoms with Crippen molar-refractivity contribution < 1.29 is 4.57 Å². The number of hydrogen-bond donors (Lipinski definition) is 0. The fraction of sp³-hybridized carbons (Fsp3) is 0.423. The second-order valence-electron chi connectivity index (χ2n) is 9.19. The summed E-state index contributed by atoms with van der Waals surface area (Å²) < 4.78 is 5.29. The highest BCUT2D eigenvalue weighted by atomic mass is 15.2. The van der Waals surface area contributed by atoms with Gasteiger partial charge in [0.1, 0.15) is 11.2 Å². The molecule has 0 unspecified atom stereocenters.